The fourth-order valence-electron chi connectivity index (χ4n) is 3.65. The van der Waals surface area contributed by atoms with Gasteiger partial charge >= 0.3 is 0 Å². The summed E-state index contributed by atoms with van der Waals surface area (Å²) >= 11 is 3.59. The van der Waals surface area contributed by atoms with Gasteiger partial charge in [-0.1, -0.05) is 35.7 Å². The van der Waals surface area contributed by atoms with Gasteiger partial charge in [0.1, 0.15) is 5.75 Å². The van der Waals surface area contributed by atoms with Gasteiger partial charge in [-0.05, 0) is 49.9 Å². The molecule has 1 aromatic rings. The Labute approximate surface area is 125 Å². The predicted molar refractivity (Wildman–Crippen MR) is 83.7 cm³/mol. The minimum Gasteiger partial charge on any atom is -0.496 e. The molecule has 0 heterocycles. The predicted octanol–water partition coefficient (Wildman–Crippen LogP) is 4.69. The highest BCUT2D eigenvalue weighted by Gasteiger charge is 2.40. The van der Waals surface area contributed by atoms with E-state index in [-0.39, 0.29) is 0 Å². The van der Waals surface area contributed by atoms with Gasteiger partial charge in [-0.2, -0.15) is 0 Å². The van der Waals surface area contributed by atoms with Crippen molar-refractivity contribution in [2.75, 3.05) is 14.2 Å². The summed E-state index contributed by atoms with van der Waals surface area (Å²) in [5.41, 5.74) is 1.66. The van der Waals surface area contributed by atoms with Crippen LogP contribution in [0.5, 0.6) is 5.75 Å². The maximum atomic E-state index is 5.57. The van der Waals surface area contributed by atoms with Crippen LogP contribution in [-0.4, -0.2) is 14.2 Å². The second-order valence-electron chi connectivity index (χ2n) is 5.53. The molecule has 106 valence electrons. The third-order valence-electron chi connectivity index (χ3n) is 4.71. The van der Waals surface area contributed by atoms with Gasteiger partial charge in [0, 0.05) is 16.1 Å². The zero-order valence-electron chi connectivity index (χ0n) is 12.1. The minimum absolute atomic E-state index is 0.368. The highest BCUT2D eigenvalue weighted by molar-refractivity contribution is 9.10. The molecule has 1 atom stereocenters. The van der Waals surface area contributed by atoms with Crippen LogP contribution >= 0.6 is 15.9 Å². The lowest BCUT2D eigenvalue weighted by atomic mass is 9.73. The molecule has 2 rings (SSSR count). The largest absolute Gasteiger partial charge is 0.496 e. The normalized spacial score (nSPS) is 19.4. The van der Waals surface area contributed by atoms with Crippen LogP contribution in [0, 0.1) is 5.41 Å². The lowest BCUT2D eigenvalue weighted by molar-refractivity contribution is 0.191. The van der Waals surface area contributed by atoms with Crippen molar-refractivity contribution >= 4 is 15.9 Å². The van der Waals surface area contributed by atoms with Crippen molar-refractivity contribution in [3.8, 4) is 5.75 Å². The van der Waals surface area contributed by atoms with Gasteiger partial charge in [-0.25, -0.2) is 0 Å². The van der Waals surface area contributed by atoms with Crippen molar-refractivity contribution in [1.29, 1.82) is 0 Å². The molecule has 1 aromatic carbocycles. The zero-order chi connectivity index (χ0) is 13.9. The van der Waals surface area contributed by atoms with E-state index in [2.05, 4.69) is 47.4 Å². The van der Waals surface area contributed by atoms with Crippen LogP contribution in [-0.2, 0) is 0 Å². The van der Waals surface area contributed by atoms with E-state index in [0.29, 0.717) is 11.5 Å². The van der Waals surface area contributed by atoms with Crippen LogP contribution in [0.1, 0.15) is 50.6 Å². The van der Waals surface area contributed by atoms with Crippen molar-refractivity contribution in [2.24, 2.45) is 5.41 Å². The monoisotopic (exact) mass is 325 g/mol. The van der Waals surface area contributed by atoms with Crippen LogP contribution in [0.2, 0.25) is 0 Å². The number of halogens is 1. The number of hydrogen-bond donors (Lipinski definition) is 1. The van der Waals surface area contributed by atoms with Crippen molar-refractivity contribution < 1.29 is 4.74 Å². The summed E-state index contributed by atoms with van der Waals surface area (Å²) in [6, 6.07) is 6.67. The molecule has 0 aromatic heterocycles. The van der Waals surface area contributed by atoms with E-state index in [9.17, 15) is 0 Å². The Bertz CT molecular complexity index is 427. The Balaban J connectivity index is 2.43. The second-order valence-corrected chi connectivity index (χ2v) is 6.45. The molecule has 1 saturated carbocycles. The molecule has 0 aliphatic heterocycles. The number of nitrogens with one attached hydrogen (secondary N) is 1. The van der Waals surface area contributed by atoms with Gasteiger partial charge < -0.3 is 10.1 Å². The molecule has 3 heteroatoms. The van der Waals surface area contributed by atoms with Gasteiger partial charge in [-0.15, -0.1) is 0 Å². The average Bonchev–Trinajstić information content (AvgIpc) is 2.90. The van der Waals surface area contributed by atoms with Crippen LogP contribution in [0.3, 0.4) is 0 Å². The van der Waals surface area contributed by atoms with E-state index >= 15 is 0 Å². The average molecular weight is 326 g/mol. The van der Waals surface area contributed by atoms with Crippen LogP contribution in [0.4, 0.5) is 0 Å². The summed E-state index contributed by atoms with van der Waals surface area (Å²) in [6.07, 6.45) is 6.54. The molecule has 0 amide bonds. The third kappa shape index (κ3) is 2.82. The van der Waals surface area contributed by atoms with E-state index in [1.165, 1.54) is 37.7 Å². The topological polar surface area (TPSA) is 21.3 Å². The number of hydrogen-bond acceptors (Lipinski definition) is 2. The molecule has 2 nitrogen and oxygen atoms in total. The molecule has 1 aliphatic rings. The molecule has 0 saturated heterocycles. The third-order valence-corrected chi connectivity index (χ3v) is 5.20. The molecule has 1 aliphatic carbocycles. The standard InChI is InChI=1S/C16H24BrNO/c1-4-16(9-5-6-10-16)15(18-2)13-11-12(17)7-8-14(13)19-3/h7-8,11,15,18H,4-6,9-10H2,1-3H3. The van der Waals surface area contributed by atoms with Crippen molar-refractivity contribution in [1.82, 2.24) is 5.32 Å². The van der Waals surface area contributed by atoms with E-state index in [1.54, 1.807) is 7.11 Å². The van der Waals surface area contributed by atoms with E-state index < -0.39 is 0 Å². The molecule has 1 N–H and O–H groups in total. The molecular weight excluding hydrogens is 302 g/mol. The quantitative estimate of drug-likeness (QED) is 0.848. The molecule has 0 radical (unpaired) electrons. The van der Waals surface area contributed by atoms with Gasteiger partial charge in [0.2, 0.25) is 0 Å². The van der Waals surface area contributed by atoms with Crippen LogP contribution < -0.4 is 10.1 Å². The molecule has 1 unspecified atom stereocenters. The number of rotatable bonds is 5. The number of benzene rings is 1. The van der Waals surface area contributed by atoms with E-state index in [0.717, 1.165) is 10.2 Å². The Morgan fingerprint density at radius 1 is 1.37 bits per heavy atom. The highest BCUT2D eigenvalue weighted by Crippen LogP contribution is 2.51. The fraction of sp³-hybridized carbons (Fsp3) is 0.625. The lowest BCUT2D eigenvalue weighted by Gasteiger charge is -2.38. The van der Waals surface area contributed by atoms with E-state index in [1.807, 2.05) is 6.07 Å². The fourth-order valence-corrected chi connectivity index (χ4v) is 4.03. The van der Waals surface area contributed by atoms with Crippen molar-refractivity contribution in [2.45, 2.75) is 45.1 Å². The SMILES string of the molecule is CCC1(C(NC)c2cc(Br)ccc2OC)CCCC1. The Morgan fingerprint density at radius 2 is 2.05 bits per heavy atom. The molecule has 0 bridgehead atoms. The maximum absolute atomic E-state index is 5.57. The second kappa shape index (κ2) is 6.27. The summed E-state index contributed by atoms with van der Waals surface area (Å²) < 4.78 is 6.69. The van der Waals surface area contributed by atoms with Gasteiger partial charge in [-0.3, -0.25) is 0 Å². The Kier molecular flexibility index (Phi) is 4.91. The lowest BCUT2D eigenvalue weighted by Crippen LogP contribution is -2.34. The summed E-state index contributed by atoms with van der Waals surface area (Å²) in [5, 5.41) is 3.55. The van der Waals surface area contributed by atoms with Crippen LogP contribution in [0.25, 0.3) is 0 Å². The van der Waals surface area contributed by atoms with Crippen molar-refractivity contribution in [3.05, 3.63) is 28.2 Å². The maximum Gasteiger partial charge on any atom is 0.123 e. The summed E-state index contributed by atoms with van der Waals surface area (Å²) in [4.78, 5) is 0. The summed E-state index contributed by atoms with van der Waals surface area (Å²) in [7, 11) is 3.83. The van der Waals surface area contributed by atoms with Crippen molar-refractivity contribution in [3.63, 3.8) is 0 Å². The molecular formula is C16H24BrNO. The van der Waals surface area contributed by atoms with Crippen LogP contribution in [0.15, 0.2) is 22.7 Å². The van der Waals surface area contributed by atoms with Gasteiger partial charge in [0.05, 0.1) is 7.11 Å². The summed E-state index contributed by atoms with van der Waals surface area (Å²) in [6.45, 7) is 2.32. The Morgan fingerprint density at radius 3 is 2.58 bits per heavy atom. The van der Waals surface area contributed by atoms with E-state index in [4.69, 9.17) is 4.74 Å². The molecule has 1 fully saturated rings. The first kappa shape index (κ1) is 14.9. The van der Waals surface area contributed by atoms with Gasteiger partial charge in [0.15, 0.2) is 0 Å². The molecule has 19 heavy (non-hydrogen) atoms. The zero-order valence-corrected chi connectivity index (χ0v) is 13.7. The highest BCUT2D eigenvalue weighted by atomic mass is 79.9. The first-order valence-electron chi connectivity index (χ1n) is 7.17. The number of ether oxygens (including phenoxy) is 1. The summed E-state index contributed by atoms with van der Waals surface area (Å²) in [5.74, 6) is 0.988. The minimum atomic E-state index is 0.368. The smallest absolute Gasteiger partial charge is 0.123 e. The Hall–Kier alpha value is -0.540. The molecule has 0 spiro atoms. The number of methoxy groups -OCH3 is 1. The first-order chi connectivity index (χ1) is 9.16. The first-order valence-corrected chi connectivity index (χ1v) is 7.97. The van der Waals surface area contributed by atoms with Gasteiger partial charge in [0.25, 0.3) is 0 Å².